The second kappa shape index (κ2) is 8.92. The highest BCUT2D eigenvalue weighted by atomic mass is 32.2. The van der Waals surface area contributed by atoms with Crippen molar-refractivity contribution in [1.82, 2.24) is 0 Å². The summed E-state index contributed by atoms with van der Waals surface area (Å²) in [5, 5.41) is 3.33. The Labute approximate surface area is 201 Å². The van der Waals surface area contributed by atoms with Gasteiger partial charge in [-0.15, -0.1) is 0 Å². The fraction of sp³-hybridized carbons (Fsp3) is 0.154. The molecule has 5 rings (SSSR count). The number of rotatable bonds is 5. The van der Waals surface area contributed by atoms with E-state index in [1.165, 1.54) is 29.6 Å². The minimum atomic E-state index is -3.83. The number of aryl methyl sites for hydroxylation is 1. The third-order valence-corrected chi connectivity index (χ3v) is 7.78. The standard InChI is InChI=1S/C26H22N2O6S/c1-33-20-10-12-21(13-11-20)35(31,32)28-14-4-6-17-8-9-19(16-23(17)28)27-25(29)22-15-18-5-2-3-7-24(18)34-26(22)30/h2-3,5,7-13,15-16H,4,6,14H2,1H3,(H,27,29). The summed E-state index contributed by atoms with van der Waals surface area (Å²) in [5.41, 5.74) is 1.24. The Balaban J connectivity index is 1.47. The first-order valence-electron chi connectivity index (χ1n) is 11.0. The highest BCUT2D eigenvalue weighted by Gasteiger charge is 2.29. The van der Waals surface area contributed by atoms with Crippen LogP contribution >= 0.6 is 0 Å². The third kappa shape index (κ3) is 4.26. The molecule has 0 radical (unpaired) electrons. The Hall–Kier alpha value is -4.11. The van der Waals surface area contributed by atoms with Crippen LogP contribution in [-0.4, -0.2) is 28.0 Å². The topological polar surface area (TPSA) is 106 Å². The van der Waals surface area contributed by atoms with Crippen LogP contribution in [-0.2, 0) is 16.4 Å². The van der Waals surface area contributed by atoms with Gasteiger partial charge in [0.25, 0.3) is 15.9 Å². The molecule has 35 heavy (non-hydrogen) atoms. The van der Waals surface area contributed by atoms with Gasteiger partial charge >= 0.3 is 5.63 Å². The SMILES string of the molecule is COc1ccc(S(=O)(=O)N2CCCc3ccc(NC(=O)c4cc5ccccc5oc4=O)cc32)cc1. The van der Waals surface area contributed by atoms with Gasteiger partial charge in [-0.2, -0.15) is 0 Å². The lowest BCUT2D eigenvalue weighted by atomic mass is 10.0. The number of nitrogens with one attached hydrogen (secondary N) is 1. The number of amides is 1. The van der Waals surface area contributed by atoms with Crippen molar-refractivity contribution in [3.05, 3.63) is 94.3 Å². The number of benzene rings is 3. The molecular weight excluding hydrogens is 468 g/mol. The largest absolute Gasteiger partial charge is 0.497 e. The molecule has 1 aliphatic rings. The number of carbonyl (C=O) groups is 1. The van der Waals surface area contributed by atoms with E-state index in [1.807, 2.05) is 0 Å². The highest BCUT2D eigenvalue weighted by Crippen LogP contribution is 2.34. The molecule has 0 saturated carbocycles. The van der Waals surface area contributed by atoms with Gasteiger partial charge in [-0.25, -0.2) is 13.2 Å². The molecule has 0 aliphatic carbocycles. The molecule has 4 aromatic rings. The number of anilines is 2. The molecule has 0 spiro atoms. The first-order chi connectivity index (χ1) is 16.9. The van der Waals surface area contributed by atoms with Crippen molar-refractivity contribution in [2.24, 2.45) is 0 Å². The number of ether oxygens (including phenoxy) is 1. The van der Waals surface area contributed by atoms with Gasteiger partial charge in [0.1, 0.15) is 16.9 Å². The Bertz CT molecular complexity index is 1590. The maximum Gasteiger partial charge on any atom is 0.349 e. The summed E-state index contributed by atoms with van der Waals surface area (Å²) >= 11 is 0. The Morgan fingerprint density at radius 3 is 2.57 bits per heavy atom. The summed E-state index contributed by atoms with van der Waals surface area (Å²) < 4.78 is 38.6. The van der Waals surface area contributed by atoms with E-state index in [-0.39, 0.29) is 10.5 Å². The maximum absolute atomic E-state index is 13.4. The molecule has 1 N–H and O–H groups in total. The van der Waals surface area contributed by atoms with Crippen molar-refractivity contribution < 1.29 is 22.4 Å². The van der Waals surface area contributed by atoms with Crippen molar-refractivity contribution in [2.75, 3.05) is 23.3 Å². The fourth-order valence-electron chi connectivity index (χ4n) is 4.16. The molecule has 1 amide bonds. The molecule has 0 unspecified atom stereocenters. The lowest BCUT2D eigenvalue weighted by Crippen LogP contribution is -2.35. The van der Waals surface area contributed by atoms with E-state index >= 15 is 0 Å². The molecule has 0 bridgehead atoms. The van der Waals surface area contributed by atoms with E-state index in [0.29, 0.717) is 47.5 Å². The average Bonchev–Trinajstić information content (AvgIpc) is 2.87. The smallest absolute Gasteiger partial charge is 0.349 e. The summed E-state index contributed by atoms with van der Waals surface area (Å²) in [6.45, 7) is 0.313. The summed E-state index contributed by atoms with van der Waals surface area (Å²) in [6.07, 6.45) is 1.39. The molecule has 2 heterocycles. The number of hydrogen-bond donors (Lipinski definition) is 1. The van der Waals surface area contributed by atoms with Gasteiger partial charge in [0.2, 0.25) is 0 Å². The zero-order chi connectivity index (χ0) is 24.6. The number of hydrogen-bond acceptors (Lipinski definition) is 6. The number of carbonyl (C=O) groups excluding carboxylic acids is 1. The van der Waals surface area contributed by atoms with Gasteiger partial charge < -0.3 is 14.5 Å². The summed E-state index contributed by atoms with van der Waals surface area (Å²) in [4.78, 5) is 25.4. The van der Waals surface area contributed by atoms with Crippen LogP contribution in [0.1, 0.15) is 22.3 Å². The fourth-order valence-corrected chi connectivity index (χ4v) is 5.69. The molecule has 1 aromatic heterocycles. The average molecular weight is 491 g/mol. The number of para-hydroxylation sites is 1. The van der Waals surface area contributed by atoms with E-state index < -0.39 is 21.6 Å². The number of methoxy groups -OCH3 is 1. The molecule has 0 atom stereocenters. The minimum Gasteiger partial charge on any atom is -0.497 e. The minimum absolute atomic E-state index is 0.135. The maximum atomic E-state index is 13.4. The summed E-state index contributed by atoms with van der Waals surface area (Å²) in [6, 6.07) is 19.7. The molecule has 8 nitrogen and oxygen atoms in total. The summed E-state index contributed by atoms with van der Waals surface area (Å²) in [5.74, 6) is -0.0732. The molecular formula is C26H22N2O6S. The quantitative estimate of drug-likeness (QED) is 0.421. The van der Waals surface area contributed by atoms with E-state index in [4.69, 9.17) is 9.15 Å². The van der Waals surface area contributed by atoms with Gasteiger partial charge in [-0.3, -0.25) is 9.10 Å². The first kappa shape index (κ1) is 22.7. The molecule has 0 fully saturated rings. The number of sulfonamides is 1. The molecule has 9 heteroatoms. The van der Waals surface area contributed by atoms with Gasteiger partial charge in [0.05, 0.1) is 17.7 Å². The molecule has 178 valence electrons. The highest BCUT2D eigenvalue weighted by molar-refractivity contribution is 7.92. The Morgan fingerprint density at radius 1 is 1.03 bits per heavy atom. The van der Waals surface area contributed by atoms with Gasteiger partial charge in [0.15, 0.2) is 0 Å². The lowest BCUT2D eigenvalue weighted by molar-refractivity contribution is 0.102. The second-order valence-corrected chi connectivity index (χ2v) is 10.0. The Morgan fingerprint density at radius 2 is 1.80 bits per heavy atom. The zero-order valence-corrected chi connectivity index (χ0v) is 19.7. The van der Waals surface area contributed by atoms with Crippen molar-refractivity contribution in [3.8, 4) is 5.75 Å². The van der Waals surface area contributed by atoms with Gasteiger partial charge in [-0.05, 0) is 66.9 Å². The predicted octanol–water partition coefficient (Wildman–Crippen LogP) is 4.20. The normalized spacial score (nSPS) is 13.3. The van der Waals surface area contributed by atoms with Crippen molar-refractivity contribution >= 4 is 38.3 Å². The van der Waals surface area contributed by atoms with Crippen LogP contribution in [0.2, 0.25) is 0 Å². The number of fused-ring (bicyclic) bond motifs is 2. The molecule has 0 saturated heterocycles. The Kier molecular flexibility index (Phi) is 5.78. The van der Waals surface area contributed by atoms with E-state index in [9.17, 15) is 18.0 Å². The zero-order valence-electron chi connectivity index (χ0n) is 18.9. The van der Waals surface area contributed by atoms with Crippen LogP contribution in [0, 0.1) is 0 Å². The third-order valence-electron chi connectivity index (χ3n) is 5.95. The van der Waals surface area contributed by atoms with Crippen LogP contribution in [0.15, 0.2) is 86.9 Å². The lowest BCUT2D eigenvalue weighted by Gasteiger charge is -2.31. The predicted molar refractivity (Wildman–Crippen MR) is 133 cm³/mol. The van der Waals surface area contributed by atoms with Gasteiger partial charge in [-0.1, -0.05) is 24.3 Å². The number of nitrogens with zero attached hydrogens (tertiary/aromatic N) is 1. The van der Waals surface area contributed by atoms with Gasteiger partial charge in [0, 0.05) is 17.6 Å². The van der Waals surface area contributed by atoms with E-state index in [0.717, 1.165) is 5.56 Å². The van der Waals surface area contributed by atoms with Crippen LogP contribution < -0.4 is 20.0 Å². The van der Waals surface area contributed by atoms with E-state index in [2.05, 4.69) is 5.32 Å². The second-order valence-electron chi connectivity index (χ2n) is 8.14. The monoisotopic (exact) mass is 490 g/mol. The molecule has 1 aliphatic heterocycles. The van der Waals surface area contributed by atoms with Crippen molar-refractivity contribution in [3.63, 3.8) is 0 Å². The van der Waals surface area contributed by atoms with Crippen LogP contribution in [0.25, 0.3) is 11.0 Å². The van der Waals surface area contributed by atoms with E-state index in [1.54, 1.807) is 54.6 Å². The van der Waals surface area contributed by atoms with Crippen LogP contribution in [0.4, 0.5) is 11.4 Å². The molecule has 3 aromatic carbocycles. The first-order valence-corrected chi connectivity index (χ1v) is 12.4. The van der Waals surface area contributed by atoms with Crippen LogP contribution in [0.3, 0.4) is 0 Å². The van der Waals surface area contributed by atoms with Crippen LogP contribution in [0.5, 0.6) is 5.75 Å². The van der Waals surface area contributed by atoms with Crippen molar-refractivity contribution in [2.45, 2.75) is 17.7 Å². The van der Waals surface area contributed by atoms with Crippen molar-refractivity contribution in [1.29, 1.82) is 0 Å². The summed E-state index contributed by atoms with van der Waals surface area (Å²) in [7, 11) is -2.31.